The Bertz CT molecular complexity index is 402. The van der Waals surface area contributed by atoms with Crippen molar-refractivity contribution in [2.24, 2.45) is 5.92 Å². The molecule has 0 heterocycles. The third kappa shape index (κ3) is 3.84. The van der Waals surface area contributed by atoms with Crippen molar-refractivity contribution in [3.05, 3.63) is 28.2 Å². The van der Waals surface area contributed by atoms with Gasteiger partial charge in [-0.1, -0.05) is 41.6 Å². The summed E-state index contributed by atoms with van der Waals surface area (Å²) in [5.74, 6) is 0.390. The number of carbonyl (C=O) groups is 1. The first-order valence-corrected chi connectivity index (χ1v) is 7.52. The van der Waals surface area contributed by atoms with Gasteiger partial charge in [-0.2, -0.15) is 0 Å². The Hall–Kier alpha value is -0.830. The van der Waals surface area contributed by atoms with E-state index in [2.05, 4.69) is 21.2 Å². The first kappa shape index (κ1) is 13.6. The van der Waals surface area contributed by atoms with E-state index in [9.17, 15) is 4.79 Å². The van der Waals surface area contributed by atoms with E-state index >= 15 is 0 Å². The van der Waals surface area contributed by atoms with Crippen LogP contribution in [0.2, 0.25) is 0 Å². The summed E-state index contributed by atoms with van der Waals surface area (Å²) in [4.78, 5) is 12.2. The number of hydrogen-bond acceptors (Lipinski definition) is 1. The second-order valence-corrected chi connectivity index (χ2v) is 6.11. The monoisotopic (exact) mass is 309 g/mol. The van der Waals surface area contributed by atoms with Gasteiger partial charge in [0, 0.05) is 16.1 Å². The number of aryl methyl sites for hydroxylation is 1. The van der Waals surface area contributed by atoms with Crippen molar-refractivity contribution in [2.75, 3.05) is 5.32 Å². The van der Waals surface area contributed by atoms with E-state index in [1.807, 2.05) is 25.1 Å². The molecular weight excluding hydrogens is 290 g/mol. The predicted molar refractivity (Wildman–Crippen MR) is 78.7 cm³/mol. The molecular formula is C15H20BrNO. The molecule has 0 atom stereocenters. The quantitative estimate of drug-likeness (QED) is 0.790. The van der Waals surface area contributed by atoms with Gasteiger partial charge in [0.2, 0.25) is 5.91 Å². The van der Waals surface area contributed by atoms with Gasteiger partial charge in [0.1, 0.15) is 0 Å². The fraction of sp³-hybridized carbons (Fsp3) is 0.533. The highest BCUT2D eigenvalue weighted by Crippen LogP contribution is 2.25. The smallest absolute Gasteiger partial charge is 0.227 e. The molecule has 1 aliphatic rings. The molecule has 0 unspecified atom stereocenters. The summed E-state index contributed by atoms with van der Waals surface area (Å²) in [6.45, 7) is 2.03. The minimum Gasteiger partial charge on any atom is -0.326 e. The molecule has 1 saturated carbocycles. The fourth-order valence-corrected chi connectivity index (χ4v) is 3.20. The Morgan fingerprint density at radius 3 is 2.44 bits per heavy atom. The summed E-state index contributed by atoms with van der Waals surface area (Å²) >= 11 is 3.46. The molecule has 1 amide bonds. The third-order valence-corrected chi connectivity index (χ3v) is 3.99. The molecule has 0 radical (unpaired) electrons. The van der Waals surface area contributed by atoms with Crippen molar-refractivity contribution >= 4 is 27.5 Å². The van der Waals surface area contributed by atoms with Crippen LogP contribution in [-0.4, -0.2) is 5.91 Å². The summed E-state index contributed by atoms with van der Waals surface area (Å²) in [7, 11) is 0. The van der Waals surface area contributed by atoms with Crippen LogP contribution in [0.1, 0.15) is 44.1 Å². The van der Waals surface area contributed by atoms with Gasteiger partial charge in [-0.05, 0) is 43.5 Å². The lowest BCUT2D eigenvalue weighted by Crippen LogP contribution is -2.22. The Morgan fingerprint density at radius 1 is 1.17 bits per heavy atom. The molecule has 0 bridgehead atoms. The van der Waals surface area contributed by atoms with Gasteiger partial charge in [-0.3, -0.25) is 4.79 Å². The van der Waals surface area contributed by atoms with E-state index < -0.39 is 0 Å². The maximum atomic E-state index is 12.2. The van der Waals surface area contributed by atoms with Crippen molar-refractivity contribution in [3.8, 4) is 0 Å². The van der Waals surface area contributed by atoms with Crippen LogP contribution in [-0.2, 0) is 4.79 Å². The number of hydrogen-bond donors (Lipinski definition) is 1. The number of nitrogens with one attached hydrogen (secondary N) is 1. The molecule has 0 saturated heterocycles. The molecule has 98 valence electrons. The van der Waals surface area contributed by atoms with Crippen LogP contribution >= 0.6 is 15.9 Å². The third-order valence-electron chi connectivity index (χ3n) is 3.54. The number of carbonyl (C=O) groups excluding carboxylic acids is 1. The van der Waals surface area contributed by atoms with Crippen LogP contribution < -0.4 is 5.32 Å². The summed E-state index contributed by atoms with van der Waals surface area (Å²) in [6.07, 6.45) is 7.02. The van der Waals surface area contributed by atoms with E-state index in [0.29, 0.717) is 0 Å². The predicted octanol–water partition coefficient (Wildman–Crippen LogP) is 4.67. The first-order chi connectivity index (χ1) is 8.65. The zero-order chi connectivity index (χ0) is 13.0. The lowest BCUT2D eigenvalue weighted by molar-refractivity contribution is -0.120. The van der Waals surface area contributed by atoms with Gasteiger partial charge >= 0.3 is 0 Å². The first-order valence-electron chi connectivity index (χ1n) is 6.73. The second kappa shape index (κ2) is 6.37. The van der Waals surface area contributed by atoms with Crippen LogP contribution in [0.4, 0.5) is 5.69 Å². The van der Waals surface area contributed by atoms with Crippen LogP contribution in [0.5, 0.6) is 0 Å². The van der Waals surface area contributed by atoms with Gasteiger partial charge in [0.25, 0.3) is 0 Å². The number of halogens is 1. The number of amides is 1. The zero-order valence-electron chi connectivity index (χ0n) is 10.8. The molecule has 2 rings (SSSR count). The highest BCUT2D eigenvalue weighted by molar-refractivity contribution is 9.10. The largest absolute Gasteiger partial charge is 0.326 e. The van der Waals surface area contributed by atoms with Crippen LogP contribution in [0.25, 0.3) is 0 Å². The van der Waals surface area contributed by atoms with Gasteiger partial charge in [0.05, 0.1) is 0 Å². The average molecular weight is 310 g/mol. The maximum Gasteiger partial charge on any atom is 0.227 e. The van der Waals surface area contributed by atoms with Crippen molar-refractivity contribution < 1.29 is 4.79 Å². The van der Waals surface area contributed by atoms with Crippen LogP contribution in [0.3, 0.4) is 0 Å². The zero-order valence-corrected chi connectivity index (χ0v) is 12.4. The van der Waals surface area contributed by atoms with Crippen molar-refractivity contribution in [3.63, 3.8) is 0 Å². The fourth-order valence-electron chi connectivity index (χ4n) is 2.59. The van der Waals surface area contributed by atoms with Crippen molar-refractivity contribution in [1.29, 1.82) is 0 Å². The molecule has 1 aliphatic carbocycles. The van der Waals surface area contributed by atoms with Gasteiger partial charge in [0.15, 0.2) is 0 Å². The van der Waals surface area contributed by atoms with E-state index in [1.165, 1.54) is 25.7 Å². The van der Waals surface area contributed by atoms with Gasteiger partial charge in [-0.25, -0.2) is 0 Å². The normalized spacial score (nSPS) is 17.2. The number of rotatable bonds is 2. The molecule has 0 aliphatic heterocycles. The maximum absolute atomic E-state index is 12.2. The Kier molecular flexibility index (Phi) is 4.81. The highest BCUT2D eigenvalue weighted by atomic mass is 79.9. The van der Waals surface area contributed by atoms with Crippen molar-refractivity contribution in [2.45, 2.75) is 45.4 Å². The van der Waals surface area contributed by atoms with Gasteiger partial charge < -0.3 is 5.32 Å². The topological polar surface area (TPSA) is 29.1 Å². The summed E-state index contributed by atoms with van der Waals surface area (Å²) < 4.78 is 1.01. The molecule has 1 N–H and O–H groups in total. The summed E-state index contributed by atoms with van der Waals surface area (Å²) in [5, 5.41) is 3.05. The molecule has 1 aromatic carbocycles. The standard InChI is InChI=1S/C15H20BrNO/c1-11-8-13(16)10-14(9-11)17-15(18)12-6-4-2-3-5-7-12/h8-10,12H,2-7H2,1H3,(H,17,18). The van der Waals surface area contributed by atoms with E-state index in [-0.39, 0.29) is 11.8 Å². The molecule has 2 nitrogen and oxygen atoms in total. The average Bonchev–Trinajstić information content (AvgIpc) is 2.55. The highest BCUT2D eigenvalue weighted by Gasteiger charge is 2.20. The van der Waals surface area contributed by atoms with Crippen LogP contribution in [0, 0.1) is 12.8 Å². The molecule has 0 spiro atoms. The second-order valence-electron chi connectivity index (χ2n) is 5.19. The minimum atomic E-state index is 0.189. The summed E-state index contributed by atoms with van der Waals surface area (Å²) in [6, 6.07) is 6.02. The van der Waals surface area contributed by atoms with E-state index in [0.717, 1.165) is 28.6 Å². The number of benzene rings is 1. The van der Waals surface area contributed by atoms with E-state index in [4.69, 9.17) is 0 Å². The Labute approximate surface area is 117 Å². The Balaban J connectivity index is 2.01. The van der Waals surface area contributed by atoms with Crippen LogP contribution in [0.15, 0.2) is 22.7 Å². The molecule has 3 heteroatoms. The molecule has 18 heavy (non-hydrogen) atoms. The number of anilines is 1. The molecule has 1 aromatic rings. The Morgan fingerprint density at radius 2 is 1.83 bits per heavy atom. The lowest BCUT2D eigenvalue weighted by Gasteiger charge is -2.14. The van der Waals surface area contributed by atoms with Gasteiger partial charge in [-0.15, -0.1) is 0 Å². The lowest BCUT2D eigenvalue weighted by atomic mass is 9.99. The molecule has 0 aromatic heterocycles. The SMILES string of the molecule is Cc1cc(Br)cc(NC(=O)C2CCCCCC2)c1. The molecule has 1 fully saturated rings. The summed E-state index contributed by atoms with van der Waals surface area (Å²) in [5.41, 5.74) is 2.05. The minimum absolute atomic E-state index is 0.189. The van der Waals surface area contributed by atoms with E-state index in [1.54, 1.807) is 0 Å². The van der Waals surface area contributed by atoms with Crippen molar-refractivity contribution in [1.82, 2.24) is 0 Å².